The molecular weight excluding hydrogens is 369 g/mol. The maximum atomic E-state index is 13.3. The van der Waals surface area contributed by atoms with E-state index in [2.05, 4.69) is 15.3 Å². The number of anilines is 1. The van der Waals surface area contributed by atoms with Gasteiger partial charge in [0.15, 0.2) is 9.84 Å². The summed E-state index contributed by atoms with van der Waals surface area (Å²) < 4.78 is 42.2. The van der Waals surface area contributed by atoms with E-state index >= 15 is 0 Å². The maximum absolute atomic E-state index is 13.3. The molecule has 0 spiro atoms. The third kappa shape index (κ3) is 3.57. The fourth-order valence-electron chi connectivity index (χ4n) is 3.32. The molecule has 8 heteroatoms. The lowest BCUT2D eigenvalue weighted by atomic mass is 10.0. The van der Waals surface area contributed by atoms with Crippen molar-refractivity contribution in [3.05, 3.63) is 48.5 Å². The Morgan fingerprint density at radius 1 is 1.15 bits per heavy atom. The number of methoxy groups -OCH3 is 1. The second-order valence-electron chi connectivity index (χ2n) is 6.55. The van der Waals surface area contributed by atoms with Crippen molar-refractivity contribution in [2.24, 2.45) is 0 Å². The molecule has 1 saturated heterocycles. The number of nitrogens with one attached hydrogen (secondary N) is 1. The molecule has 2 aromatic carbocycles. The fourth-order valence-corrected chi connectivity index (χ4v) is 4.99. The predicted molar refractivity (Wildman–Crippen MR) is 102 cm³/mol. The highest BCUT2D eigenvalue weighted by Crippen LogP contribution is 2.34. The zero-order valence-electron chi connectivity index (χ0n) is 14.6. The summed E-state index contributed by atoms with van der Waals surface area (Å²) in [7, 11) is -1.45. The molecule has 1 aromatic heterocycles. The Morgan fingerprint density at radius 3 is 2.59 bits per heavy atom. The molecule has 27 heavy (non-hydrogen) atoms. The van der Waals surface area contributed by atoms with Crippen LogP contribution in [-0.4, -0.2) is 43.0 Å². The lowest BCUT2D eigenvalue weighted by molar-refractivity contribution is 0.419. The molecule has 140 valence electrons. The standard InChI is InChI=1S/C19H18FN3O3S/c1-26-17-9-13(12-2-4-14(20)5-3-12)8-16-18(17)21-11-22-19(16)23-15-6-7-27(24,25)10-15/h2-5,8-9,11,15H,6-7,10H2,1H3,(H,21,22,23). The fraction of sp³-hybridized carbons (Fsp3) is 0.263. The van der Waals surface area contributed by atoms with Gasteiger partial charge in [0.25, 0.3) is 0 Å². The lowest BCUT2D eigenvalue weighted by Gasteiger charge is -2.15. The SMILES string of the molecule is COc1cc(-c2ccc(F)cc2)cc2c(NC3CCS(=O)(=O)C3)ncnc12. The van der Waals surface area contributed by atoms with Crippen LogP contribution in [0.3, 0.4) is 0 Å². The van der Waals surface area contributed by atoms with E-state index in [0.29, 0.717) is 23.5 Å². The summed E-state index contributed by atoms with van der Waals surface area (Å²) in [4.78, 5) is 8.62. The second kappa shape index (κ2) is 6.77. The summed E-state index contributed by atoms with van der Waals surface area (Å²) in [6.07, 6.45) is 1.97. The first kappa shape index (κ1) is 17.7. The smallest absolute Gasteiger partial charge is 0.152 e. The quantitative estimate of drug-likeness (QED) is 0.741. The molecule has 1 aliphatic rings. The van der Waals surface area contributed by atoms with Crippen LogP contribution in [-0.2, 0) is 9.84 Å². The number of rotatable bonds is 4. The van der Waals surface area contributed by atoms with Gasteiger partial charge in [-0.05, 0) is 41.8 Å². The van der Waals surface area contributed by atoms with Gasteiger partial charge in [-0.2, -0.15) is 0 Å². The third-order valence-corrected chi connectivity index (χ3v) is 6.44. The van der Waals surface area contributed by atoms with Gasteiger partial charge in [0.05, 0.1) is 18.6 Å². The van der Waals surface area contributed by atoms with Gasteiger partial charge >= 0.3 is 0 Å². The number of hydrogen-bond acceptors (Lipinski definition) is 6. The Hall–Kier alpha value is -2.74. The normalized spacial score (nSPS) is 18.5. The Labute approximate surface area is 156 Å². The number of halogens is 1. The van der Waals surface area contributed by atoms with Crippen LogP contribution in [0, 0.1) is 5.82 Å². The predicted octanol–water partition coefficient (Wildman–Crippen LogP) is 3.04. The van der Waals surface area contributed by atoms with Crippen molar-refractivity contribution in [3.63, 3.8) is 0 Å². The number of benzene rings is 2. The van der Waals surface area contributed by atoms with E-state index in [-0.39, 0.29) is 23.4 Å². The molecule has 1 fully saturated rings. The van der Waals surface area contributed by atoms with E-state index in [4.69, 9.17) is 4.74 Å². The monoisotopic (exact) mass is 387 g/mol. The minimum Gasteiger partial charge on any atom is -0.494 e. The van der Waals surface area contributed by atoms with Gasteiger partial charge in [-0.3, -0.25) is 0 Å². The first-order chi connectivity index (χ1) is 12.9. The molecule has 1 aliphatic heterocycles. The molecule has 6 nitrogen and oxygen atoms in total. The largest absolute Gasteiger partial charge is 0.494 e. The van der Waals surface area contributed by atoms with Crippen molar-refractivity contribution in [2.75, 3.05) is 23.9 Å². The molecule has 0 amide bonds. The van der Waals surface area contributed by atoms with E-state index in [1.54, 1.807) is 19.2 Å². The highest BCUT2D eigenvalue weighted by atomic mass is 32.2. The summed E-state index contributed by atoms with van der Waals surface area (Å²) in [6.45, 7) is 0. The van der Waals surface area contributed by atoms with Crippen LogP contribution in [0.2, 0.25) is 0 Å². The Bertz CT molecular complexity index is 1100. The average Bonchev–Trinajstić information content (AvgIpc) is 3.00. The van der Waals surface area contributed by atoms with Crippen LogP contribution in [0.4, 0.5) is 10.2 Å². The first-order valence-corrected chi connectivity index (χ1v) is 10.3. The Balaban J connectivity index is 1.80. The molecular formula is C19H18FN3O3S. The van der Waals surface area contributed by atoms with Crippen LogP contribution < -0.4 is 10.1 Å². The zero-order chi connectivity index (χ0) is 19.0. The molecule has 0 saturated carbocycles. The summed E-state index contributed by atoms with van der Waals surface area (Å²) in [5, 5.41) is 3.96. The number of hydrogen-bond donors (Lipinski definition) is 1. The topological polar surface area (TPSA) is 81.2 Å². The van der Waals surface area contributed by atoms with Gasteiger partial charge < -0.3 is 10.1 Å². The molecule has 2 heterocycles. The van der Waals surface area contributed by atoms with E-state index in [9.17, 15) is 12.8 Å². The van der Waals surface area contributed by atoms with Crippen LogP contribution in [0.15, 0.2) is 42.7 Å². The third-order valence-electron chi connectivity index (χ3n) is 4.67. The molecule has 0 radical (unpaired) electrons. The van der Waals surface area contributed by atoms with Crippen LogP contribution >= 0.6 is 0 Å². The van der Waals surface area contributed by atoms with Gasteiger partial charge in [-0.25, -0.2) is 22.8 Å². The number of nitrogens with zero attached hydrogens (tertiary/aromatic N) is 2. The summed E-state index contributed by atoms with van der Waals surface area (Å²) in [5.74, 6) is 1.09. The lowest BCUT2D eigenvalue weighted by Crippen LogP contribution is -2.21. The van der Waals surface area contributed by atoms with Crippen LogP contribution in [0.1, 0.15) is 6.42 Å². The summed E-state index contributed by atoms with van der Waals surface area (Å²) in [5.41, 5.74) is 2.29. The summed E-state index contributed by atoms with van der Waals surface area (Å²) >= 11 is 0. The van der Waals surface area contributed by atoms with E-state index in [0.717, 1.165) is 16.5 Å². The number of ether oxygens (including phenoxy) is 1. The Kier molecular flexibility index (Phi) is 4.43. The van der Waals surface area contributed by atoms with Crippen LogP contribution in [0.5, 0.6) is 5.75 Å². The molecule has 0 aliphatic carbocycles. The highest BCUT2D eigenvalue weighted by molar-refractivity contribution is 7.91. The Morgan fingerprint density at radius 2 is 1.93 bits per heavy atom. The minimum atomic E-state index is -3.00. The van der Waals surface area contributed by atoms with Gasteiger partial charge in [0.2, 0.25) is 0 Å². The van der Waals surface area contributed by atoms with Crippen molar-refractivity contribution in [3.8, 4) is 16.9 Å². The van der Waals surface area contributed by atoms with Gasteiger partial charge in [-0.15, -0.1) is 0 Å². The second-order valence-corrected chi connectivity index (χ2v) is 8.78. The van der Waals surface area contributed by atoms with E-state index in [1.165, 1.54) is 18.5 Å². The van der Waals surface area contributed by atoms with Crippen molar-refractivity contribution < 1.29 is 17.5 Å². The van der Waals surface area contributed by atoms with Gasteiger partial charge in [0, 0.05) is 11.4 Å². The van der Waals surface area contributed by atoms with Crippen LogP contribution in [0.25, 0.3) is 22.0 Å². The number of aromatic nitrogens is 2. The van der Waals surface area contributed by atoms with Crippen molar-refractivity contribution in [1.82, 2.24) is 9.97 Å². The average molecular weight is 387 g/mol. The maximum Gasteiger partial charge on any atom is 0.152 e. The highest BCUT2D eigenvalue weighted by Gasteiger charge is 2.28. The number of fused-ring (bicyclic) bond motifs is 1. The molecule has 3 aromatic rings. The summed E-state index contributed by atoms with van der Waals surface area (Å²) in [6, 6.07) is 9.73. The van der Waals surface area contributed by atoms with Crippen molar-refractivity contribution in [2.45, 2.75) is 12.5 Å². The van der Waals surface area contributed by atoms with Gasteiger partial charge in [0.1, 0.15) is 29.2 Å². The molecule has 1 atom stereocenters. The molecule has 0 bridgehead atoms. The zero-order valence-corrected chi connectivity index (χ0v) is 15.5. The molecule has 1 N–H and O–H groups in total. The van der Waals surface area contributed by atoms with E-state index in [1.807, 2.05) is 12.1 Å². The van der Waals surface area contributed by atoms with Crippen molar-refractivity contribution in [1.29, 1.82) is 0 Å². The van der Waals surface area contributed by atoms with Gasteiger partial charge in [-0.1, -0.05) is 12.1 Å². The molecule has 1 unspecified atom stereocenters. The first-order valence-electron chi connectivity index (χ1n) is 8.51. The van der Waals surface area contributed by atoms with E-state index < -0.39 is 9.84 Å². The molecule has 4 rings (SSSR count). The minimum absolute atomic E-state index is 0.0906. The van der Waals surface area contributed by atoms with Crippen molar-refractivity contribution >= 4 is 26.6 Å². The number of sulfone groups is 1.